The minimum absolute atomic E-state index is 0.0463. The van der Waals surface area contributed by atoms with Gasteiger partial charge in [0.2, 0.25) is 0 Å². The van der Waals surface area contributed by atoms with Crippen molar-refractivity contribution >= 4 is 5.78 Å². The number of hydrogen-bond acceptors (Lipinski definition) is 3. The van der Waals surface area contributed by atoms with Crippen molar-refractivity contribution in [1.29, 1.82) is 5.26 Å². The summed E-state index contributed by atoms with van der Waals surface area (Å²) >= 11 is 0. The van der Waals surface area contributed by atoms with Crippen LogP contribution in [0.2, 0.25) is 0 Å². The van der Waals surface area contributed by atoms with Crippen molar-refractivity contribution in [3.05, 3.63) is 83.6 Å². The van der Waals surface area contributed by atoms with Crippen molar-refractivity contribution in [2.45, 2.75) is 39.0 Å². The second-order valence-electron chi connectivity index (χ2n) is 9.38. The number of hydrogen-bond donors (Lipinski definition) is 0. The van der Waals surface area contributed by atoms with Gasteiger partial charge in [-0.05, 0) is 30.9 Å². The lowest BCUT2D eigenvalue weighted by Gasteiger charge is -2.50. The molecule has 0 fully saturated rings. The van der Waals surface area contributed by atoms with Crippen molar-refractivity contribution in [3.63, 3.8) is 0 Å². The number of ketones is 1. The van der Waals surface area contributed by atoms with Gasteiger partial charge in [-0.15, -0.1) is 0 Å². The van der Waals surface area contributed by atoms with Gasteiger partial charge in [0.1, 0.15) is 6.07 Å². The molecule has 5 rings (SSSR count). The maximum absolute atomic E-state index is 13.1. The number of allylic oxidation sites excluding steroid dienone is 2. The van der Waals surface area contributed by atoms with E-state index in [1.54, 1.807) is 0 Å². The SMILES string of the molecule is CC1(C)C(=O)C(C#N)=CC2(C)c3c(c(-c4ccccc4)nn3-c3ccccc3)CCC12. The van der Waals surface area contributed by atoms with Crippen LogP contribution in [0, 0.1) is 22.7 Å². The van der Waals surface area contributed by atoms with E-state index < -0.39 is 10.8 Å². The molecular formula is C27H25N3O. The number of carbonyl (C=O) groups is 1. The van der Waals surface area contributed by atoms with E-state index in [0.717, 1.165) is 35.5 Å². The van der Waals surface area contributed by atoms with Crippen LogP contribution in [0.15, 0.2) is 72.3 Å². The predicted molar refractivity (Wildman–Crippen MR) is 121 cm³/mol. The molecule has 154 valence electrons. The summed E-state index contributed by atoms with van der Waals surface area (Å²) in [5, 5.41) is 14.9. The number of rotatable bonds is 2. The molecule has 1 aromatic heterocycles. The van der Waals surface area contributed by atoms with E-state index in [9.17, 15) is 10.1 Å². The molecule has 2 aromatic carbocycles. The van der Waals surface area contributed by atoms with Crippen LogP contribution < -0.4 is 0 Å². The third-order valence-electron chi connectivity index (χ3n) is 7.21. The smallest absolute Gasteiger partial charge is 0.178 e. The van der Waals surface area contributed by atoms with E-state index in [2.05, 4.69) is 37.3 Å². The Kier molecular flexibility index (Phi) is 4.27. The van der Waals surface area contributed by atoms with Crippen molar-refractivity contribution < 1.29 is 4.79 Å². The summed E-state index contributed by atoms with van der Waals surface area (Å²) in [5.74, 6) is 0.0508. The Bertz CT molecular complexity index is 1240. The molecule has 0 spiro atoms. The molecular weight excluding hydrogens is 382 g/mol. The Morgan fingerprint density at radius 1 is 1.03 bits per heavy atom. The molecule has 0 bridgehead atoms. The van der Waals surface area contributed by atoms with Gasteiger partial charge >= 0.3 is 0 Å². The predicted octanol–water partition coefficient (Wildman–Crippen LogP) is 5.42. The maximum atomic E-state index is 13.1. The molecule has 4 heteroatoms. The van der Waals surface area contributed by atoms with Gasteiger partial charge in [-0.2, -0.15) is 10.4 Å². The Balaban J connectivity index is 1.84. The van der Waals surface area contributed by atoms with E-state index in [1.807, 2.05) is 61.0 Å². The number of para-hydroxylation sites is 1. The fourth-order valence-corrected chi connectivity index (χ4v) is 5.81. The molecule has 2 aliphatic rings. The van der Waals surface area contributed by atoms with E-state index >= 15 is 0 Å². The molecule has 2 unspecified atom stereocenters. The van der Waals surface area contributed by atoms with Crippen molar-refractivity contribution in [2.24, 2.45) is 11.3 Å². The van der Waals surface area contributed by atoms with E-state index in [-0.39, 0.29) is 17.3 Å². The quantitative estimate of drug-likeness (QED) is 0.570. The Labute approximate surface area is 182 Å². The number of benzene rings is 2. The summed E-state index contributed by atoms with van der Waals surface area (Å²) < 4.78 is 2.04. The molecule has 2 aliphatic carbocycles. The molecule has 0 aliphatic heterocycles. The molecule has 0 saturated heterocycles. The number of aromatic nitrogens is 2. The van der Waals surface area contributed by atoms with Crippen LogP contribution in [-0.4, -0.2) is 15.6 Å². The van der Waals surface area contributed by atoms with Gasteiger partial charge in [0, 0.05) is 22.0 Å². The first-order valence-corrected chi connectivity index (χ1v) is 10.8. The first-order chi connectivity index (χ1) is 14.9. The highest BCUT2D eigenvalue weighted by Crippen LogP contribution is 2.56. The van der Waals surface area contributed by atoms with Gasteiger partial charge in [-0.3, -0.25) is 4.79 Å². The van der Waals surface area contributed by atoms with Gasteiger partial charge < -0.3 is 0 Å². The zero-order chi connectivity index (χ0) is 21.8. The molecule has 0 amide bonds. The number of carbonyl (C=O) groups excluding carboxylic acids is 1. The van der Waals surface area contributed by atoms with Crippen LogP contribution in [0.3, 0.4) is 0 Å². The molecule has 4 nitrogen and oxygen atoms in total. The van der Waals surface area contributed by atoms with Crippen LogP contribution in [0.4, 0.5) is 0 Å². The van der Waals surface area contributed by atoms with E-state index in [0.29, 0.717) is 0 Å². The highest BCUT2D eigenvalue weighted by molar-refractivity contribution is 6.04. The maximum Gasteiger partial charge on any atom is 0.178 e. The fraction of sp³-hybridized carbons (Fsp3) is 0.296. The number of fused-ring (bicyclic) bond motifs is 3. The Morgan fingerprint density at radius 3 is 2.32 bits per heavy atom. The first-order valence-electron chi connectivity index (χ1n) is 10.8. The first kappa shape index (κ1) is 19.5. The third-order valence-corrected chi connectivity index (χ3v) is 7.21. The summed E-state index contributed by atoms with van der Waals surface area (Å²) in [5.41, 5.74) is 4.57. The zero-order valence-electron chi connectivity index (χ0n) is 18.1. The van der Waals surface area contributed by atoms with E-state index in [1.165, 1.54) is 5.56 Å². The lowest BCUT2D eigenvalue weighted by Crippen LogP contribution is -2.51. The molecule has 2 atom stereocenters. The molecule has 3 aromatic rings. The molecule has 0 saturated carbocycles. The number of nitriles is 1. The fourth-order valence-electron chi connectivity index (χ4n) is 5.81. The number of Topliss-reactive ketones (excluding diaryl/α,β-unsaturated/α-hetero) is 1. The van der Waals surface area contributed by atoms with E-state index in [4.69, 9.17) is 5.10 Å². The van der Waals surface area contributed by atoms with Crippen molar-refractivity contribution in [1.82, 2.24) is 9.78 Å². The van der Waals surface area contributed by atoms with Crippen LogP contribution in [0.1, 0.15) is 38.4 Å². The van der Waals surface area contributed by atoms with Crippen molar-refractivity contribution in [3.8, 4) is 23.0 Å². The summed E-state index contributed by atoms with van der Waals surface area (Å²) in [7, 11) is 0. The summed E-state index contributed by atoms with van der Waals surface area (Å²) in [6.07, 6.45) is 3.66. The zero-order valence-corrected chi connectivity index (χ0v) is 18.1. The van der Waals surface area contributed by atoms with Crippen LogP contribution in [-0.2, 0) is 16.6 Å². The summed E-state index contributed by atoms with van der Waals surface area (Å²) in [6, 6.07) is 22.6. The Hall–Kier alpha value is -3.45. The van der Waals surface area contributed by atoms with Gasteiger partial charge in [0.05, 0.1) is 22.6 Å². The topological polar surface area (TPSA) is 58.7 Å². The minimum atomic E-state index is -0.606. The molecule has 1 heterocycles. The normalized spacial score (nSPS) is 24.0. The Morgan fingerprint density at radius 2 is 1.68 bits per heavy atom. The second-order valence-corrected chi connectivity index (χ2v) is 9.38. The standard InChI is InChI=1S/C27H25N3O/c1-26(2)22-15-14-21-23(18-10-6-4-7-11-18)29-30(20-12-8-5-9-13-20)24(21)27(22,3)16-19(17-28)25(26)31/h4-13,16,22H,14-15H2,1-3H3. The van der Waals surface area contributed by atoms with Gasteiger partial charge in [-0.1, -0.05) is 75.4 Å². The number of nitrogens with zero attached hydrogens (tertiary/aromatic N) is 3. The van der Waals surface area contributed by atoms with Crippen LogP contribution >= 0.6 is 0 Å². The largest absolute Gasteiger partial charge is 0.293 e. The van der Waals surface area contributed by atoms with Crippen LogP contribution in [0.25, 0.3) is 16.9 Å². The average molecular weight is 408 g/mol. The lowest BCUT2D eigenvalue weighted by molar-refractivity contribution is -0.128. The molecule has 31 heavy (non-hydrogen) atoms. The minimum Gasteiger partial charge on any atom is -0.293 e. The lowest BCUT2D eigenvalue weighted by atomic mass is 9.52. The van der Waals surface area contributed by atoms with Gasteiger partial charge in [0.25, 0.3) is 0 Å². The monoisotopic (exact) mass is 407 g/mol. The average Bonchev–Trinajstić information content (AvgIpc) is 3.19. The van der Waals surface area contributed by atoms with Gasteiger partial charge in [-0.25, -0.2) is 4.68 Å². The highest BCUT2D eigenvalue weighted by Gasteiger charge is 2.55. The third kappa shape index (κ3) is 2.73. The van der Waals surface area contributed by atoms with Crippen molar-refractivity contribution in [2.75, 3.05) is 0 Å². The molecule has 0 N–H and O–H groups in total. The second kappa shape index (κ2) is 6.78. The molecule has 0 radical (unpaired) electrons. The summed E-state index contributed by atoms with van der Waals surface area (Å²) in [6.45, 7) is 6.17. The summed E-state index contributed by atoms with van der Waals surface area (Å²) in [4.78, 5) is 13.1. The van der Waals surface area contributed by atoms with Crippen LogP contribution in [0.5, 0.6) is 0 Å². The highest BCUT2D eigenvalue weighted by atomic mass is 16.1. The van der Waals surface area contributed by atoms with Gasteiger partial charge in [0.15, 0.2) is 5.78 Å².